The maximum atomic E-state index is 12.8. The second kappa shape index (κ2) is 5.08. The average Bonchev–Trinajstić information content (AvgIpc) is 2.09. The van der Waals surface area contributed by atoms with Gasteiger partial charge in [0.25, 0.3) is 0 Å². The zero-order chi connectivity index (χ0) is 11.5. The molecular weight excluding hydrogens is 259 g/mol. The van der Waals surface area contributed by atoms with Crippen molar-refractivity contribution in [1.29, 1.82) is 0 Å². The Balaban J connectivity index is 2.80. The zero-order valence-corrected chi connectivity index (χ0v) is 10.6. The van der Waals surface area contributed by atoms with Gasteiger partial charge in [-0.1, -0.05) is 35.3 Å². The first-order valence-corrected chi connectivity index (χ1v) is 5.90. The predicted octanol–water partition coefficient (Wildman–Crippen LogP) is 3.68. The molecule has 1 rings (SSSR count). The second-order valence-electron chi connectivity index (χ2n) is 4.16. The Bertz CT molecular complexity index is 336. The maximum absolute atomic E-state index is 12.8. The highest BCUT2D eigenvalue weighted by Crippen LogP contribution is 2.25. The second-order valence-corrected chi connectivity index (χ2v) is 5.01. The molecule has 0 aromatic heterocycles. The van der Waals surface area contributed by atoms with Crippen LogP contribution < -0.4 is 0 Å². The third-order valence-electron chi connectivity index (χ3n) is 2.37. The highest BCUT2D eigenvalue weighted by molar-refractivity contribution is 9.10. The fourth-order valence-corrected chi connectivity index (χ4v) is 2.19. The summed E-state index contributed by atoms with van der Waals surface area (Å²) in [6.07, 6.45) is 2.23. The van der Waals surface area contributed by atoms with Gasteiger partial charge in [0.05, 0.1) is 5.60 Å². The van der Waals surface area contributed by atoms with Crippen molar-refractivity contribution in [3.8, 4) is 0 Å². The van der Waals surface area contributed by atoms with Crippen molar-refractivity contribution in [2.75, 3.05) is 0 Å². The minimum absolute atomic E-state index is 0.263. The SMILES string of the molecule is CCCC(C)(O)Cc1ccc(F)cc1Br. The van der Waals surface area contributed by atoms with Gasteiger partial charge in [0.2, 0.25) is 0 Å². The fraction of sp³-hybridized carbons (Fsp3) is 0.500. The molecule has 0 aliphatic heterocycles. The summed E-state index contributed by atoms with van der Waals surface area (Å²) in [5.74, 6) is -0.263. The molecule has 84 valence electrons. The maximum Gasteiger partial charge on any atom is 0.124 e. The van der Waals surface area contributed by atoms with Crippen molar-refractivity contribution in [1.82, 2.24) is 0 Å². The molecular formula is C12H16BrFO. The van der Waals surface area contributed by atoms with Gasteiger partial charge in [0.1, 0.15) is 5.82 Å². The first-order valence-electron chi connectivity index (χ1n) is 5.11. The van der Waals surface area contributed by atoms with E-state index in [4.69, 9.17) is 0 Å². The summed E-state index contributed by atoms with van der Waals surface area (Å²) >= 11 is 3.30. The van der Waals surface area contributed by atoms with Gasteiger partial charge in [0, 0.05) is 10.9 Å². The van der Waals surface area contributed by atoms with Gasteiger partial charge in [-0.2, -0.15) is 0 Å². The van der Waals surface area contributed by atoms with Crippen LogP contribution in [0.4, 0.5) is 4.39 Å². The summed E-state index contributed by atoms with van der Waals surface area (Å²) in [4.78, 5) is 0. The Kier molecular flexibility index (Phi) is 4.29. The van der Waals surface area contributed by atoms with E-state index in [0.29, 0.717) is 6.42 Å². The fourth-order valence-electron chi connectivity index (χ4n) is 1.70. The van der Waals surface area contributed by atoms with Crippen LogP contribution in [0.15, 0.2) is 22.7 Å². The van der Waals surface area contributed by atoms with Crippen LogP contribution >= 0.6 is 15.9 Å². The minimum Gasteiger partial charge on any atom is -0.390 e. The molecule has 0 aliphatic rings. The predicted molar refractivity (Wildman–Crippen MR) is 63.3 cm³/mol. The highest BCUT2D eigenvalue weighted by atomic mass is 79.9. The number of aliphatic hydroxyl groups is 1. The van der Waals surface area contributed by atoms with Crippen LogP contribution in [-0.4, -0.2) is 10.7 Å². The van der Waals surface area contributed by atoms with Crippen molar-refractivity contribution in [3.63, 3.8) is 0 Å². The number of rotatable bonds is 4. The summed E-state index contributed by atoms with van der Waals surface area (Å²) in [6, 6.07) is 4.56. The standard InChI is InChI=1S/C12H16BrFO/c1-3-6-12(2,15)8-9-4-5-10(14)7-11(9)13/h4-5,7,15H,3,6,8H2,1-2H3. The minimum atomic E-state index is -0.713. The normalized spacial score (nSPS) is 15.0. The summed E-state index contributed by atoms with van der Waals surface area (Å²) in [6.45, 7) is 3.85. The van der Waals surface area contributed by atoms with Gasteiger partial charge in [0.15, 0.2) is 0 Å². The lowest BCUT2D eigenvalue weighted by Gasteiger charge is -2.23. The Labute approximate surface area is 98.4 Å². The topological polar surface area (TPSA) is 20.2 Å². The third kappa shape index (κ3) is 3.92. The lowest BCUT2D eigenvalue weighted by atomic mass is 9.92. The molecule has 0 bridgehead atoms. The smallest absolute Gasteiger partial charge is 0.124 e. The van der Waals surface area contributed by atoms with E-state index in [2.05, 4.69) is 15.9 Å². The quantitative estimate of drug-likeness (QED) is 0.888. The summed E-state index contributed by atoms with van der Waals surface area (Å²) in [5.41, 5.74) is 0.226. The number of halogens is 2. The largest absolute Gasteiger partial charge is 0.390 e. The van der Waals surface area contributed by atoms with Crippen LogP contribution in [-0.2, 0) is 6.42 Å². The van der Waals surface area contributed by atoms with Gasteiger partial charge >= 0.3 is 0 Å². The number of hydrogen-bond donors (Lipinski definition) is 1. The molecule has 1 aromatic carbocycles. The molecule has 1 N–H and O–H groups in total. The lowest BCUT2D eigenvalue weighted by Crippen LogP contribution is -2.26. The molecule has 0 radical (unpaired) electrons. The molecule has 0 saturated heterocycles. The van der Waals surface area contributed by atoms with Gasteiger partial charge < -0.3 is 5.11 Å². The average molecular weight is 275 g/mol. The van der Waals surface area contributed by atoms with Crippen molar-refractivity contribution in [2.24, 2.45) is 0 Å². The Morgan fingerprint density at radius 2 is 2.13 bits per heavy atom. The van der Waals surface area contributed by atoms with Crippen molar-refractivity contribution in [2.45, 2.75) is 38.7 Å². The molecule has 0 amide bonds. The van der Waals surface area contributed by atoms with E-state index in [1.807, 2.05) is 13.8 Å². The molecule has 3 heteroatoms. The van der Waals surface area contributed by atoms with E-state index >= 15 is 0 Å². The molecule has 1 unspecified atom stereocenters. The Morgan fingerprint density at radius 3 is 2.67 bits per heavy atom. The molecule has 0 spiro atoms. The van der Waals surface area contributed by atoms with E-state index < -0.39 is 5.60 Å². The molecule has 0 heterocycles. The van der Waals surface area contributed by atoms with Crippen molar-refractivity contribution < 1.29 is 9.50 Å². The van der Waals surface area contributed by atoms with Gasteiger partial charge in [-0.25, -0.2) is 4.39 Å². The van der Waals surface area contributed by atoms with E-state index in [9.17, 15) is 9.50 Å². The van der Waals surface area contributed by atoms with Crippen molar-refractivity contribution in [3.05, 3.63) is 34.1 Å². The van der Waals surface area contributed by atoms with E-state index in [1.165, 1.54) is 12.1 Å². The number of hydrogen-bond acceptors (Lipinski definition) is 1. The van der Waals surface area contributed by atoms with Crippen LogP contribution in [0.3, 0.4) is 0 Å². The van der Waals surface area contributed by atoms with Crippen LogP contribution in [0.5, 0.6) is 0 Å². The molecule has 15 heavy (non-hydrogen) atoms. The summed E-state index contributed by atoms with van der Waals surface area (Å²) in [5, 5.41) is 10.0. The van der Waals surface area contributed by atoms with Gasteiger partial charge in [-0.3, -0.25) is 0 Å². The highest BCUT2D eigenvalue weighted by Gasteiger charge is 2.20. The molecule has 0 aliphatic carbocycles. The van der Waals surface area contributed by atoms with Crippen LogP contribution in [0, 0.1) is 5.82 Å². The van der Waals surface area contributed by atoms with Gasteiger partial charge in [-0.05, 0) is 31.0 Å². The van der Waals surface area contributed by atoms with E-state index in [-0.39, 0.29) is 5.82 Å². The van der Waals surface area contributed by atoms with E-state index in [1.54, 1.807) is 6.07 Å². The molecule has 0 fully saturated rings. The Morgan fingerprint density at radius 1 is 1.47 bits per heavy atom. The molecule has 0 saturated carbocycles. The van der Waals surface area contributed by atoms with Crippen LogP contribution in [0.25, 0.3) is 0 Å². The van der Waals surface area contributed by atoms with Crippen LogP contribution in [0.2, 0.25) is 0 Å². The lowest BCUT2D eigenvalue weighted by molar-refractivity contribution is 0.0504. The monoisotopic (exact) mass is 274 g/mol. The molecule has 1 atom stereocenters. The van der Waals surface area contributed by atoms with Gasteiger partial charge in [-0.15, -0.1) is 0 Å². The molecule has 1 aromatic rings. The number of benzene rings is 1. The van der Waals surface area contributed by atoms with Crippen LogP contribution in [0.1, 0.15) is 32.3 Å². The first kappa shape index (κ1) is 12.7. The van der Waals surface area contributed by atoms with Crippen molar-refractivity contribution >= 4 is 15.9 Å². The third-order valence-corrected chi connectivity index (χ3v) is 3.11. The molecule has 1 nitrogen and oxygen atoms in total. The summed E-state index contributed by atoms with van der Waals surface area (Å²) in [7, 11) is 0. The summed E-state index contributed by atoms with van der Waals surface area (Å²) < 4.78 is 13.6. The zero-order valence-electron chi connectivity index (χ0n) is 9.06. The van der Waals surface area contributed by atoms with E-state index in [0.717, 1.165) is 22.9 Å². The Hall–Kier alpha value is -0.410. The first-order chi connectivity index (χ1) is 6.94.